The van der Waals surface area contributed by atoms with Gasteiger partial charge in [-0.3, -0.25) is 4.79 Å². The summed E-state index contributed by atoms with van der Waals surface area (Å²) in [6.07, 6.45) is -0.240. The van der Waals surface area contributed by atoms with E-state index in [1.165, 1.54) is 7.11 Å². The van der Waals surface area contributed by atoms with Crippen molar-refractivity contribution in [1.29, 1.82) is 0 Å². The summed E-state index contributed by atoms with van der Waals surface area (Å²) >= 11 is 0. The summed E-state index contributed by atoms with van der Waals surface area (Å²) < 4.78 is 4.97. The van der Waals surface area contributed by atoms with E-state index in [2.05, 4.69) is 0 Å². The van der Waals surface area contributed by atoms with Crippen molar-refractivity contribution in [1.82, 2.24) is 0 Å². The van der Waals surface area contributed by atoms with E-state index in [1.807, 2.05) is 60.7 Å². The Labute approximate surface area is 124 Å². The van der Waals surface area contributed by atoms with Crippen molar-refractivity contribution in [2.75, 3.05) is 7.11 Å². The summed E-state index contributed by atoms with van der Waals surface area (Å²) in [6.45, 7) is 0. The van der Waals surface area contributed by atoms with E-state index in [-0.39, 0.29) is 11.9 Å². The molecule has 0 aliphatic heterocycles. The van der Waals surface area contributed by atoms with Crippen LogP contribution in [0, 0.1) is 5.41 Å². The molecule has 0 radical (unpaired) electrons. The average Bonchev–Trinajstić information content (AvgIpc) is 3.32. The lowest BCUT2D eigenvalue weighted by Crippen LogP contribution is -2.27. The molecule has 21 heavy (non-hydrogen) atoms. The monoisotopic (exact) mass is 282 g/mol. The fraction of sp³-hybridized carbons (Fsp3) is 0.278. The summed E-state index contributed by atoms with van der Waals surface area (Å²) in [5.74, 6) is -0.339. The van der Waals surface area contributed by atoms with Gasteiger partial charge in [0.05, 0.1) is 13.2 Å². The predicted molar refractivity (Wildman–Crippen MR) is 79.7 cm³/mol. The molecule has 0 saturated heterocycles. The number of rotatable bonds is 4. The van der Waals surface area contributed by atoms with Crippen LogP contribution in [0.2, 0.25) is 0 Å². The number of aliphatic hydroxyl groups is 1. The van der Waals surface area contributed by atoms with Gasteiger partial charge in [-0.05, 0) is 17.5 Å². The minimum absolute atomic E-state index is 0.00126. The van der Waals surface area contributed by atoms with Crippen molar-refractivity contribution in [2.24, 2.45) is 5.41 Å². The molecule has 0 amide bonds. The van der Waals surface area contributed by atoms with Gasteiger partial charge >= 0.3 is 5.97 Å². The average molecular weight is 282 g/mol. The quantitative estimate of drug-likeness (QED) is 0.877. The highest BCUT2D eigenvalue weighted by Gasteiger charge is 2.66. The van der Waals surface area contributed by atoms with Gasteiger partial charge in [0.25, 0.3) is 0 Å². The molecular formula is C18H18O3. The maximum absolute atomic E-state index is 12.3. The lowest BCUT2D eigenvalue weighted by molar-refractivity contribution is -0.152. The van der Waals surface area contributed by atoms with E-state index in [1.54, 1.807) is 0 Å². The van der Waals surface area contributed by atoms with Gasteiger partial charge in [0.1, 0.15) is 5.41 Å². The zero-order valence-corrected chi connectivity index (χ0v) is 11.9. The number of carbonyl (C=O) groups excluding carboxylic acids is 1. The minimum Gasteiger partial charge on any atom is -0.468 e. The smallest absolute Gasteiger partial charge is 0.315 e. The SMILES string of the molecule is COC(=O)C1(C(O)c2ccccc2)CC1c1ccccc1. The second-order valence-electron chi connectivity index (χ2n) is 5.51. The van der Waals surface area contributed by atoms with Crippen LogP contribution in [0.25, 0.3) is 0 Å². The second-order valence-corrected chi connectivity index (χ2v) is 5.51. The number of carbonyl (C=O) groups is 1. The summed E-state index contributed by atoms with van der Waals surface area (Å²) in [4.78, 5) is 12.3. The highest BCUT2D eigenvalue weighted by atomic mass is 16.5. The molecule has 3 unspecified atom stereocenters. The van der Waals surface area contributed by atoms with E-state index < -0.39 is 11.5 Å². The molecule has 1 aliphatic rings. The Hall–Kier alpha value is -2.13. The normalized spacial score (nSPS) is 25.1. The fourth-order valence-electron chi connectivity index (χ4n) is 3.14. The molecule has 1 N–H and O–H groups in total. The fourth-order valence-corrected chi connectivity index (χ4v) is 3.14. The van der Waals surface area contributed by atoms with Gasteiger partial charge in [-0.2, -0.15) is 0 Å². The van der Waals surface area contributed by atoms with Crippen LogP contribution in [0.3, 0.4) is 0 Å². The Morgan fingerprint density at radius 1 is 1.14 bits per heavy atom. The summed E-state index contributed by atoms with van der Waals surface area (Å²) in [5.41, 5.74) is 0.955. The molecule has 3 nitrogen and oxygen atoms in total. The highest BCUT2D eigenvalue weighted by Crippen LogP contribution is 2.66. The van der Waals surface area contributed by atoms with Crippen LogP contribution in [-0.4, -0.2) is 18.2 Å². The van der Waals surface area contributed by atoms with Gasteiger partial charge in [0.15, 0.2) is 0 Å². The zero-order valence-electron chi connectivity index (χ0n) is 11.9. The van der Waals surface area contributed by atoms with Crippen LogP contribution in [0.1, 0.15) is 29.6 Å². The molecule has 3 rings (SSSR count). The van der Waals surface area contributed by atoms with Gasteiger partial charge in [-0.15, -0.1) is 0 Å². The predicted octanol–water partition coefficient (Wildman–Crippen LogP) is 3.07. The van der Waals surface area contributed by atoms with Crippen molar-refractivity contribution in [3.63, 3.8) is 0 Å². The Kier molecular flexibility index (Phi) is 3.52. The number of esters is 1. The maximum Gasteiger partial charge on any atom is 0.315 e. The number of methoxy groups -OCH3 is 1. The van der Waals surface area contributed by atoms with Crippen LogP contribution < -0.4 is 0 Å². The third-order valence-electron chi connectivity index (χ3n) is 4.37. The van der Waals surface area contributed by atoms with Crippen molar-refractivity contribution in [3.05, 3.63) is 71.8 Å². The van der Waals surface area contributed by atoms with Gasteiger partial charge < -0.3 is 9.84 Å². The van der Waals surface area contributed by atoms with Crippen LogP contribution >= 0.6 is 0 Å². The van der Waals surface area contributed by atoms with E-state index in [4.69, 9.17) is 4.74 Å². The number of ether oxygens (including phenoxy) is 1. The van der Waals surface area contributed by atoms with E-state index in [0.717, 1.165) is 11.1 Å². The summed E-state index contributed by atoms with van der Waals surface area (Å²) in [7, 11) is 1.38. The molecule has 3 heteroatoms. The molecule has 1 aliphatic carbocycles. The van der Waals surface area contributed by atoms with E-state index in [0.29, 0.717) is 6.42 Å². The molecule has 2 aromatic carbocycles. The van der Waals surface area contributed by atoms with E-state index in [9.17, 15) is 9.90 Å². The van der Waals surface area contributed by atoms with Crippen molar-refractivity contribution < 1.29 is 14.6 Å². The summed E-state index contributed by atoms with van der Waals surface area (Å²) in [5, 5.41) is 10.7. The molecule has 0 heterocycles. The summed E-state index contributed by atoms with van der Waals surface area (Å²) in [6, 6.07) is 19.1. The molecule has 1 saturated carbocycles. The molecule has 108 valence electrons. The van der Waals surface area contributed by atoms with Crippen LogP contribution in [-0.2, 0) is 9.53 Å². The number of hydrogen-bond donors (Lipinski definition) is 1. The Morgan fingerprint density at radius 2 is 1.71 bits per heavy atom. The first-order valence-corrected chi connectivity index (χ1v) is 7.06. The third-order valence-corrected chi connectivity index (χ3v) is 4.37. The number of aliphatic hydroxyl groups excluding tert-OH is 1. The zero-order chi connectivity index (χ0) is 14.9. The van der Waals surface area contributed by atoms with Crippen molar-refractivity contribution in [2.45, 2.75) is 18.4 Å². The third kappa shape index (κ3) is 2.24. The second kappa shape index (κ2) is 5.34. The molecule has 0 spiro atoms. The topological polar surface area (TPSA) is 46.5 Å². The molecule has 0 aromatic heterocycles. The van der Waals surface area contributed by atoms with Crippen molar-refractivity contribution in [3.8, 4) is 0 Å². The Bertz CT molecular complexity index is 623. The molecular weight excluding hydrogens is 264 g/mol. The van der Waals surface area contributed by atoms with Crippen LogP contribution in [0.5, 0.6) is 0 Å². The van der Waals surface area contributed by atoms with Gasteiger partial charge in [-0.1, -0.05) is 60.7 Å². The maximum atomic E-state index is 12.3. The van der Waals surface area contributed by atoms with Crippen LogP contribution in [0.4, 0.5) is 0 Å². The van der Waals surface area contributed by atoms with Crippen LogP contribution in [0.15, 0.2) is 60.7 Å². The highest BCUT2D eigenvalue weighted by molar-refractivity contribution is 5.83. The van der Waals surface area contributed by atoms with Gasteiger partial charge in [-0.25, -0.2) is 0 Å². The molecule has 1 fully saturated rings. The van der Waals surface area contributed by atoms with Crippen molar-refractivity contribution >= 4 is 5.97 Å². The Balaban J connectivity index is 1.96. The minimum atomic E-state index is -0.864. The number of hydrogen-bond acceptors (Lipinski definition) is 3. The first kappa shape index (κ1) is 13.8. The molecule has 0 bridgehead atoms. The molecule has 3 atom stereocenters. The number of benzene rings is 2. The molecule has 2 aromatic rings. The lowest BCUT2D eigenvalue weighted by Gasteiger charge is -2.22. The van der Waals surface area contributed by atoms with Gasteiger partial charge in [0, 0.05) is 5.92 Å². The lowest BCUT2D eigenvalue weighted by atomic mass is 9.88. The Morgan fingerprint density at radius 3 is 2.29 bits per heavy atom. The first-order valence-electron chi connectivity index (χ1n) is 7.06. The van der Waals surface area contributed by atoms with Gasteiger partial charge in [0.2, 0.25) is 0 Å². The first-order chi connectivity index (χ1) is 10.2. The largest absolute Gasteiger partial charge is 0.468 e. The standard InChI is InChI=1S/C18H18O3/c1-21-17(20)18(16(19)14-10-6-3-7-11-14)12-15(18)13-8-4-2-5-9-13/h2-11,15-16,19H,12H2,1H3. The van der Waals surface area contributed by atoms with E-state index >= 15 is 0 Å².